The molecule has 0 spiro atoms. The number of alkyl halides is 1. The molecule has 3 heterocycles. The number of fused-ring (bicyclic) bond motifs is 3. The zero-order chi connectivity index (χ0) is 23.2. The minimum atomic E-state index is -0.816. The van der Waals surface area contributed by atoms with Gasteiger partial charge >= 0.3 is 0 Å². The maximum Gasteiger partial charge on any atom is 0.280 e. The topological polar surface area (TPSA) is 109 Å². The Kier molecular flexibility index (Phi) is 5.59. The summed E-state index contributed by atoms with van der Waals surface area (Å²) < 4.78 is 28.4. The van der Waals surface area contributed by atoms with Crippen molar-refractivity contribution in [1.82, 2.24) is 24.6 Å². The first-order valence-electron chi connectivity index (χ1n) is 9.64. The quantitative estimate of drug-likeness (QED) is 0.594. The highest BCUT2D eigenvalue weighted by Gasteiger charge is 2.34. The van der Waals surface area contributed by atoms with Crippen molar-refractivity contribution in [1.29, 1.82) is 0 Å². The van der Waals surface area contributed by atoms with Gasteiger partial charge in [0, 0.05) is 26.7 Å². The van der Waals surface area contributed by atoms with Gasteiger partial charge < -0.3 is 19.9 Å². The molecule has 32 heavy (non-hydrogen) atoms. The number of aromatic nitrogens is 3. The largest absolute Gasteiger partial charge is 0.505 e. The van der Waals surface area contributed by atoms with Gasteiger partial charge in [-0.3, -0.25) is 14.4 Å². The van der Waals surface area contributed by atoms with E-state index in [9.17, 15) is 28.3 Å². The van der Waals surface area contributed by atoms with E-state index in [1.54, 1.807) is 7.05 Å². The normalized spacial score (nSPS) is 13.5. The SMILES string of the molecule is CN1CCn2c(c(O)c3c(=O)n(Cc4ccc(F)c(Cl)c4)nc(C(=O)NCCF)c32)C1=O. The number of halogens is 3. The van der Waals surface area contributed by atoms with E-state index in [0.29, 0.717) is 5.56 Å². The zero-order valence-corrected chi connectivity index (χ0v) is 17.6. The molecule has 1 aromatic carbocycles. The van der Waals surface area contributed by atoms with Gasteiger partial charge in [-0.1, -0.05) is 17.7 Å². The fraction of sp³-hybridized carbons (Fsp3) is 0.300. The number of amides is 2. The van der Waals surface area contributed by atoms with Crippen molar-refractivity contribution < 1.29 is 23.5 Å². The first-order valence-corrected chi connectivity index (χ1v) is 10.0. The number of carbonyl (C=O) groups excluding carboxylic acids is 2. The van der Waals surface area contributed by atoms with Gasteiger partial charge in [0.2, 0.25) is 0 Å². The number of hydrogen-bond acceptors (Lipinski definition) is 5. The Balaban J connectivity index is 1.96. The highest BCUT2D eigenvalue weighted by Crippen LogP contribution is 2.34. The summed E-state index contributed by atoms with van der Waals surface area (Å²) in [5, 5.41) is 16.9. The van der Waals surface area contributed by atoms with E-state index in [2.05, 4.69) is 10.4 Å². The van der Waals surface area contributed by atoms with Crippen molar-refractivity contribution in [3.8, 4) is 5.75 Å². The maximum absolute atomic E-state index is 13.5. The van der Waals surface area contributed by atoms with Crippen LogP contribution < -0.4 is 10.9 Å². The number of likely N-dealkylation sites (N-methyl/N-ethyl adjacent to an activating group) is 1. The molecule has 0 fully saturated rings. The molecule has 0 saturated carbocycles. The van der Waals surface area contributed by atoms with Crippen molar-refractivity contribution in [3.05, 3.63) is 56.3 Å². The van der Waals surface area contributed by atoms with Gasteiger partial charge in [-0.15, -0.1) is 0 Å². The van der Waals surface area contributed by atoms with E-state index in [4.69, 9.17) is 11.6 Å². The number of carbonyl (C=O) groups is 2. The Morgan fingerprint density at radius 3 is 2.75 bits per heavy atom. The molecule has 0 radical (unpaired) electrons. The Morgan fingerprint density at radius 2 is 2.06 bits per heavy atom. The van der Waals surface area contributed by atoms with Gasteiger partial charge in [-0.05, 0) is 17.7 Å². The molecule has 168 valence electrons. The number of nitrogens with zero attached hydrogens (tertiary/aromatic N) is 4. The summed E-state index contributed by atoms with van der Waals surface area (Å²) >= 11 is 5.81. The van der Waals surface area contributed by atoms with Gasteiger partial charge in [0.1, 0.15) is 17.9 Å². The molecule has 1 aliphatic rings. The van der Waals surface area contributed by atoms with Crippen LogP contribution in [0.1, 0.15) is 26.5 Å². The van der Waals surface area contributed by atoms with Gasteiger partial charge in [-0.25, -0.2) is 13.5 Å². The second kappa shape index (κ2) is 8.23. The molecule has 0 unspecified atom stereocenters. The van der Waals surface area contributed by atoms with Crippen molar-refractivity contribution in [2.75, 3.05) is 26.8 Å². The van der Waals surface area contributed by atoms with E-state index in [1.807, 2.05) is 0 Å². The zero-order valence-electron chi connectivity index (χ0n) is 16.9. The Bertz CT molecular complexity index is 1320. The van der Waals surface area contributed by atoms with Crippen molar-refractivity contribution in [3.63, 3.8) is 0 Å². The molecule has 2 aromatic heterocycles. The number of nitrogens with one attached hydrogen (secondary N) is 1. The maximum atomic E-state index is 13.5. The van der Waals surface area contributed by atoms with Crippen molar-refractivity contribution in [2.45, 2.75) is 13.1 Å². The summed E-state index contributed by atoms with van der Waals surface area (Å²) in [7, 11) is 1.55. The van der Waals surface area contributed by atoms with Crippen LogP contribution in [0.3, 0.4) is 0 Å². The van der Waals surface area contributed by atoms with Gasteiger partial charge in [0.15, 0.2) is 17.1 Å². The third-order valence-electron chi connectivity index (χ3n) is 5.25. The molecule has 0 saturated heterocycles. The molecule has 4 rings (SSSR count). The van der Waals surface area contributed by atoms with E-state index in [0.717, 1.165) is 10.7 Å². The smallest absolute Gasteiger partial charge is 0.280 e. The lowest BCUT2D eigenvalue weighted by Crippen LogP contribution is -2.37. The molecule has 1 aliphatic heterocycles. The van der Waals surface area contributed by atoms with Crippen LogP contribution in [0.15, 0.2) is 23.0 Å². The second-order valence-corrected chi connectivity index (χ2v) is 7.71. The summed E-state index contributed by atoms with van der Waals surface area (Å²) in [5.41, 5.74) is -0.722. The minimum Gasteiger partial charge on any atom is -0.505 e. The molecule has 2 amide bonds. The lowest BCUT2D eigenvalue weighted by molar-refractivity contribution is 0.0746. The van der Waals surface area contributed by atoms with Crippen LogP contribution in [-0.4, -0.2) is 63.0 Å². The molecule has 12 heteroatoms. The summed E-state index contributed by atoms with van der Waals surface area (Å²) in [4.78, 5) is 40.0. The van der Waals surface area contributed by atoms with Crippen LogP contribution in [0.2, 0.25) is 5.02 Å². The Labute approximate surface area is 184 Å². The number of rotatable bonds is 5. The van der Waals surface area contributed by atoms with Crippen LogP contribution in [0.25, 0.3) is 10.9 Å². The van der Waals surface area contributed by atoms with Crippen LogP contribution in [0.5, 0.6) is 5.75 Å². The highest BCUT2D eigenvalue weighted by atomic mass is 35.5. The van der Waals surface area contributed by atoms with Gasteiger partial charge in [-0.2, -0.15) is 5.10 Å². The van der Waals surface area contributed by atoms with Crippen LogP contribution in [-0.2, 0) is 13.1 Å². The van der Waals surface area contributed by atoms with E-state index >= 15 is 0 Å². The van der Waals surface area contributed by atoms with Crippen molar-refractivity contribution >= 4 is 34.3 Å². The van der Waals surface area contributed by atoms with E-state index < -0.39 is 35.6 Å². The number of aromatic hydroxyl groups is 1. The van der Waals surface area contributed by atoms with Crippen LogP contribution in [0, 0.1) is 5.82 Å². The molecular formula is C20H18ClF2N5O4. The van der Waals surface area contributed by atoms with Crippen LogP contribution >= 0.6 is 11.6 Å². The fourth-order valence-electron chi connectivity index (χ4n) is 3.68. The average molecular weight is 466 g/mol. The molecule has 0 atom stereocenters. The molecule has 3 aromatic rings. The van der Waals surface area contributed by atoms with Gasteiger partial charge in [0.05, 0.1) is 17.1 Å². The standard InChI is InChI=1S/C20H18ClF2N5O4/c1-26-6-7-27-15-13(17(29)16(27)20(26)32)19(31)28(25-14(15)18(30)24-5-4-22)9-10-2-3-12(23)11(21)8-10/h2-3,8,29H,4-7,9H2,1H3,(H,24,30). The highest BCUT2D eigenvalue weighted by molar-refractivity contribution is 6.30. The first kappa shape index (κ1) is 21.8. The predicted molar refractivity (Wildman–Crippen MR) is 111 cm³/mol. The third kappa shape index (κ3) is 3.48. The Hall–Kier alpha value is -3.47. The summed E-state index contributed by atoms with van der Waals surface area (Å²) in [6, 6.07) is 3.83. The monoisotopic (exact) mass is 465 g/mol. The van der Waals surface area contributed by atoms with E-state index in [1.165, 1.54) is 21.6 Å². The number of hydrogen-bond donors (Lipinski definition) is 2. The molecule has 9 nitrogen and oxygen atoms in total. The Morgan fingerprint density at radius 1 is 1.31 bits per heavy atom. The van der Waals surface area contributed by atoms with E-state index in [-0.39, 0.29) is 53.5 Å². The van der Waals surface area contributed by atoms with Crippen molar-refractivity contribution in [2.24, 2.45) is 0 Å². The van der Waals surface area contributed by atoms with Crippen LogP contribution in [0.4, 0.5) is 8.78 Å². The lowest BCUT2D eigenvalue weighted by atomic mass is 10.2. The summed E-state index contributed by atoms with van der Waals surface area (Å²) in [6.45, 7) is -0.778. The summed E-state index contributed by atoms with van der Waals surface area (Å²) in [6.07, 6.45) is 0. The minimum absolute atomic E-state index is 0.00584. The lowest BCUT2D eigenvalue weighted by Gasteiger charge is -2.25. The molecular weight excluding hydrogens is 448 g/mol. The first-order chi connectivity index (χ1) is 15.2. The molecule has 0 aliphatic carbocycles. The number of benzene rings is 1. The molecule has 2 N–H and O–H groups in total. The average Bonchev–Trinajstić information content (AvgIpc) is 3.06. The molecule has 0 bridgehead atoms. The third-order valence-corrected chi connectivity index (χ3v) is 5.54. The fourth-order valence-corrected chi connectivity index (χ4v) is 3.89. The van der Waals surface area contributed by atoms with Gasteiger partial charge in [0.25, 0.3) is 17.4 Å². The summed E-state index contributed by atoms with van der Waals surface area (Å²) in [5.74, 6) is -2.49. The second-order valence-electron chi connectivity index (χ2n) is 7.30. The predicted octanol–water partition coefficient (Wildman–Crippen LogP) is 1.53.